The molecule has 0 bridgehead atoms. The number of carbonyl (C=O) groups is 2. The normalized spacial score (nSPS) is 15.7. The number of halogens is 1. The number of hydrogen-bond acceptors (Lipinski definition) is 2. The Labute approximate surface area is 62.1 Å². The summed E-state index contributed by atoms with van der Waals surface area (Å²) < 4.78 is 0. The highest BCUT2D eigenvalue weighted by atomic mass is 79.9. The number of carbonyl (C=O) groups excluding carboxylic acids is 2. The van der Waals surface area contributed by atoms with Crippen molar-refractivity contribution in [1.29, 1.82) is 0 Å². The molecule has 2 unspecified atom stereocenters. The molecule has 0 saturated heterocycles. The fraction of sp³-hybridized carbons (Fsp3) is 0.333. The van der Waals surface area contributed by atoms with Crippen LogP contribution >= 0.6 is 15.9 Å². The summed E-state index contributed by atoms with van der Waals surface area (Å²) in [6.07, 6.45) is 2.78. The van der Waals surface area contributed by atoms with Crippen LogP contribution in [0.2, 0.25) is 0 Å². The van der Waals surface area contributed by atoms with E-state index in [9.17, 15) is 9.59 Å². The van der Waals surface area contributed by atoms with Crippen molar-refractivity contribution in [3.63, 3.8) is 0 Å². The Balaban J connectivity index is 3.92. The first kappa shape index (κ1) is 8.56. The Morgan fingerprint density at radius 3 is 2.00 bits per heavy atom. The van der Waals surface area contributed by atoms with Crippen LogP contribution in [0.1, 0.15) is 0 Å². The third-order valence-corrected chi connectivity index (χ3v) is 1.75. The van der Waals surface area contributed by atoms with Crippen LogP contribution in [0.25, 0.3) is 0 Å². The summed E-state index contributed by atoms with van der Waals surface area (Å²) in [4.78, 5) is 19.7. The first-order valence-corrected chi connectivity index (χ1v) is 3.35. The number of rotatable bonds is 4. The molecule has 0 aromatic heterocycles. The van der Waals surface area contributed by atoms with Crippen LogP contribution in [0.15, 0.2) is 12.7 Å². The lowest BCUT2D eigenvalue weighted by atomic mass is 10.1. The molecule has 2 nitrogen and oxygen atoms in total. The van der Waals surface area contributed by atoms with Crippen LogP contribution in [0.4, 0.5) is 0 Å². The molecule has 0 aromatic carbocycles. The second-order valence-electron chi connectivity index (χ2n) is 1.53. The zero-order valence-electron chi connectivity index (χ0n) is 4.79. The standard InChI is InChI=1S/C6H7BrO2/c1-2-5(3-8)6(7)4-9/h2-6H,1H2. The predicted molar refractivity (Wildman–Crippen MR) is 38.5 cm³/mol. The van der Waals surface area contributed by atoms with Gasteiger partial charge in [-0.15, -0.1) is 6.58 Å². The van der Waals surface area contributed by atoms with Crippen LogP contribution in [-0.4, -0.2) is 17.4 Å². The molecule has 0 aliphatic heterocycles. The average molecular weight is 191 g/mol. The summed E-state index contributed by atoms with van der Waals surface area (Å²) in [5, 5.41) is 0. The lowest BCUT2D eigenvalue weighted by Crippen LogP contribution is -2.13. The van der Waals surface area contributed by atoms with Crippen LogP contribution in [0, 0.1) is 5.92 Å². The van der Waals surface area contributed by atoms with E-state index < -0.39 is 10.7 Å². The Hall–Kier alpha value is -0.440. The van der Waals surface area contributed by atoms with Crippen LogP contribution < -0.4 is 0 Å². The topological polar surface area (TPSA) is 34.1 Å². The monoisotopic (exact) mass is 190 g/mol. The van der Waals surface area contributed by atoms with Gasteiger partial charge in [0.2, 0.25) is 0 Å². The molecule has 0 fully saturated rings. The average Bonchev–Trinajstić information content (AvgIpc) is 1.90. The van der Waals surface area contributed by atoms with Gasteiger partial charge >= 0.3 is 0 Å². The summed E-state index contributed by atoms with van der Waals surface area (Å²) in [5.41, 5.74) is 0. The van der Waals surface area contributed by atoms with Gasteiger partial charge in [-0.1, -0.05) is 22.0 Å². The fourth-order valence-electron chi connectivity index (χ4n) is 0.351. The van der Waals surface area contributed by atoms with Gasteiger partial charge in [-0.25, -0.2) is 0 Å². The van der Waals surface area contributed by atoms with Crippen molar-refractivity contribution < 1.29 is 9.59 Å². The Morgan fingerprint density at radius 2 is 1.89 bits per heavy atom. The van der Waals surface area contributed by atoms with Crippen LogP contribution in [-0.2, 0) is 9.59 Å². The number of hydrogen-bond donors (Lipinski definition) is 0. The summed E-state index contributed by atoms with van der Waals surface area (Å²) in [7, 11) is 0. The van der Waals surface area contributed by atoms with E-state index in [1.807, 2.05) is 0 Å². The SMILES string of the molecule is C=CC(C=O)C(Br)C=O. The summed E-state index contributed by atoms with van der Waals surface area (Å²) in [6, 6.07) is 0. The minimum Gasteiger partial charge on any atom is -0.303 e. The number of allylic oxidation sites excluding steroid dienone is 1. The maximum absolute atomic E-state index is 10.1. The molecule has 9 heavy (non-hydrogen) atoms. The molecule has 0 saturated carbocycles. The molecule has 50 valence electrons. The lowest BCUT2D eigenvalue weighted by molar-refractivity contribution is -0.113. The summed E-state index contributed by atoms with van der Waals surface area (Å²) in [5.74, 6) is -0.400. The molecule has 2 atom stereocenters. The van der Waals surface area contributed by atoms with Gasteiger partial charge < -0.3 is 9.59 Å². The maximum Gasteiger partial charge on any atom is 0.134 e. The molecular formula is C6H7BrO2. The smallest absolute Gasteiger partial charge is 0.134 e. The molecule has 0 radical (unpaired) electrons. The molecular weight excluding hydrogens is 184 g/mol. The van der Waals surface area contributed by atoms with Gasteiger partial charge in [0.25, 0.3) is 0 Å². The Kier molecular flexibility index (Phi) is 4.22. The van der Waals surface area contributed by atoms with Crippen molar-refractivity contribution in [2.45, 2.75) is 4.83 Å². The van der Waals surface area contributed by atoms with E-state index in [4.69, 9.17) is 0 Å². The van der Waals surface area contributed by atoms with Crippen molar-refractivity contribution >= 4 is 28.5 Å². The van der Waals surface area contributed by atoms with Gasteiger partial charge in [0.1, 0.15) is 12.6 Å². The third kappa shape index (κ3) is 2.56. The molecule has 0 rings (SSSR count). The van der Waals surface area contributed by atoms with E-state index in [1.54, 1.807) is 0 Å². The summed E-state index contributed by atoms with van der Waals surface area (Å²) in [6.45, 7) is 3.38. The van der Waals surface area contributed by atoms with Crippen molar-refractivity contribution in [1.82, 2.24) is 0 Å². The lowest BCUT2D eigenvalue weighted by Gasteiger charge is -2.02. The Morgan fingerprint density at radius 1 is 1.33 bits per heavy atom. The largest absolute Gasteiger partial charge is 0.303 e. The quantitative estimate of drug-likeness (QED) is 0.376. The maximum atomic E-state index is 10.1. The first-order valence-electron chi connectivity index (χ1n) is 2.43. The van der Waals surface area contributed by atoms with Gasteiger partial charge in [0, 0.05) is 0 Å². The first-order chi connectivity index (χ1) is 4.26. The van der Waals surface area contributed by atoms with Crippen molar-refractivity contribution in [3.05, 3.63) is 12.7 Å². The van der Waals surface area contributed by atoms with Crippen molar-refractivity contribution in [2.24, 2.45) is 5.92 Å². The second kappa shape index (κ2) is 4.44. The highest BCUT2D eigenvalue weighted by Gasteiger charge is 2.12. The summed E-state index contributed by atoms with van der Waals surface area (Å²) >= 11 is 2.99. The van der Waals surface area contributed by atoms with Gasteiger partial charge in [-0.2, -0.15) is 0 Å². The minimum absolute atomic E-state index is 0.400. The molecule has 0 heterocycles. The second-order valence-corrected chi connectivity index (χ2v) is 2.59. The highest BCUT2D eigenvalue weighted by molar-refractivity contribution is 9.10. The van der Waals surface area contributed by atoms with Crippen LogP contribution in [0.3, 0.4) is 0 Å². The molecule has 0 N–H and O–H groups in total. The molecule has 3 heteroatoms. The molecule has 0 spiro atoms. The molecule has 0 aliphatic rings. The van der Waals surface area contributed by atoms with E-state index in [1.165, 1.54) is 6.08 Å². The molecule has 0 aromatic rings. The van der Waals surface area contributed by atoms with E-state index in [0.717, 1.165) is 0 Å². The third-order valence-electron chi connectivity index (χ3n) is 0.927. The Bertz CT molecular complexity index is 114. The minimum atomic E-state index is -0.424. The molecule has 0 amide bonds. The van der Waals surface area contributed by atoms with Gasteiger partial charge in [0.15, 0.2) is 0 Å². The fourth-order valence-corrected chi connectivity index (χ4v) is 0.692. The van der Waals surface area contributed by atoms with Gasteiger partial charge in [-0.3, -0.25) is 0 Å². The van der Waals surface area contributed by atoms with E-state index in [-0.39, 0.29) is 0 Å². The van der Waals surface area contributed by atoms with E-state index >= 15 is 0 Å². The number of aldehydes is 2. The van der Waals surface area contributed by atoms with Gasteiger partial charge in [-0.05, 0) is 0 Å². The van der Waals surface area contributed by atoms with E-state index in [0.29, 0.717) is 12.6 Å². The van der Waals surface area contributed by atoms with Gasteiger partial charge in [0.05, 0.1) is 10.7 Å². The predicted octanol–water partition coefficient (Wildman–Crippen LogP) is 0.950. The van der Waals surface area contributed by atoms with Crippen molar-refractivity contribution in [3.8, 4) is 0 Å². The zero-order valence-corrected chi connectivity index (χ0v) is 6.37. The molecule has 0 aliphatic carbocycles. The van der Waals surface area contributed by atoms with E-state index in [2.05, 4.69) is 22.5 Å². The highest BCUT2D eigenvalue weighted by Crippen LogP contribution is 2.08. The van der Waals surface area contributed by atoms with Crippen LogP contribution in [0.5, 0.6) is 0 Å². The zero-order chi connectivity index (χ0) is 7.28. The van der Waals surface area contributed by atoms with Crippen molar-refractivity contribution in [2.75, 3.05) is 0 Å². The number of alkyl halides is 1.